The molecule has 0 saturated heterocycles. The van der Waals surface area contributed by atoms with E-state index in [1.165, 1.54) is 6.07 Å². The Balaban J connectivity index is 2.30. The van der Waals surface area contributed by atoms with E-state index in [0.29, 0.717) is 16.3 Å². The van der Waals surface area contributed by atoms with Crippen molar-refractivity contribution in [3.05, 3.63) is 35.4 Å². The third-order valence-electron chi connectivity index (χ3n) is 3.32. The predicted octanol–water partition coefficient (Wildman–Crippen LogP) is 4.24. The Kier molecular flexibility index (Phi) is 3.10. The molecule has 0 nitrogen and oxygen atoms in total. The molecular weight excluding hydrogens is 262 g/mol. The Labute approximate surface area is 96.8 Å². The summed E-state index contributed by atoms with van der Waals surface area (Å²) in [6, 6.07) is 3.90. The second kappa shape index (κ2) is 4.20. The zero-order chi connectivity index (χ0) is 11.0. The minimum absolute atomic E-state index is 0.218. The largest absolute Gasteiger partial charge is 0.207 e. The lowest BCUT2D eigenvalue weighted by atomic mass is 9.90. The van der Waals surface area contributed by atoms with Crippen LogP contribution in [-0.2, 0) is 0 Å². The maximum absolute atomic E-state index is 13.5. The third kappa shape index (κ3) is 2.07. The van der Waals surface area contributed by atoms with E-state index in [2.05, 4.69) is 22.9 Å². The minimum Gasteiger partial charge on any atom is -0.207 e. The number of hydrogen-bond donors (Lipinski definition) is 0. The third-order valence-corrected chi connectivity index (χ3v) is 4.61. The Morgan fingerprint density at radius 1 is 1.27 bits per heavy atom. The minimum atomic E-state index is -0.503. The first-order valence-electron chi connectivity index (χ1n) is 5.18. The van der Waals surface area contributed by atoms with Crippen molar-refractivity contribution in [2.24, 2.45) is 5.92 Å². The van der Waals surface area contributed by atoms with E-state index in [1.54, 1.807) is 6.07 Å². The van der Waals surface area contributed by atoms with Crippen LogP contribution in [0.25, 0.3) is 0 Å². The molecule has 1 fully saturated rings. The maximum Gasteiger partial charge on any atom is 0.129 e. The second-order valence-corrected chi connectivity index (χ2v) is 5.40. The van der Waals surface area contributed by atoms with Crippen LogP contribution in [0.1, 0.15) is 31.2 Å². The molecule has 0 radical (unpaired) electrons. The fourth-order valence-electron chi connectivity index (χ4n) is 2.36. The molecule has 82 valence electrons. The van der Waals surface area contributed by atoms with E-state index in [9.17, 15) is 8.78 Å². The van der Waals surface area contributed by atoms with Crippen molar-refractivity contribution in [1.29, 1.82) is 0 Å². The van der Waals surface area contributed by atoms with Gasteiger partial charge < -0.3 is 0 Å². The first kappa shape index (κ1) is 11.1. The second-order valence-electron chi connectivity index (χ2n) is 4.22. The van der Waals surface area contributed by atoms with E-state index in [-0.39, 0.29) is 5.92 Å². The van der Waals surface area contributed by atoms with Gasteiger partial charge in [0.05, 0.1) is 0 Å². The summed E-state index contributed by atoms with van der Waals surface area (Å²) in [5, 5.41) is 0. The topological polar surface area (TPSA) is 0 Å². The van der Waals surface area contributed by atoms with Gasteiger partial charge in [0.2, 0.25) is 0 Å². The molecule has 3 atom stereocenters. The summed E-state index contributed by atoms with van der Waals surface area (Å²) in [5.74, 6) is -0.286. The molecule has 1 aliphatic rings. The van der Waals surface area contributed by atoms with Gasteiger partial charge in [-0.25, -0.2) is 8.78 Å². The van der Waals surface area contributed by atoms with Crippen molar-refractivity contribution in [1.82, 2.24) is 0 Å². The zero-order valence-electron chi connectivity index (χ0n) is 8.51. The van der Waals surface area contributed by atoms with Crippen LogP contribution in [0.15, 0.2) is 18.2 Å². The lowest BCUT2D eigenvalue weighted by molar-refractivity contribution is 0.501. The number of alkyl halides is 1. The highest BCUT2D eigenvalue weighted by atomic mass is 79.9. The molecule has 2 rings (SSSR count). The van der Waals surface area contributed by atoms with Gasteiger partial charge in [-0.3, -0.25) is 0 Å². The van der Waals surface area contributed by atoms with Gasteiger partial charge in [0.15, 0.2) is 0 Å². The van der Waals surface area contributed by atoms with E-state index in [1.807, 2.05) is 0 Å². The smallest absolute Gasteiger partial charge is 0.129 e. The van der Waals surface area contributed by atoms with Gasteiger partial charge in [0.1, 0.15) is 11.6 Å². The van der Waals surface area contributed by atoms with Crippen LogP contribution in [0.2, 0.25) is 0 Å². The summed E-state index contributed by atoms with van der Waals surface area (Å²) in [5.41, 5.74) is 0.658. The summed E-state index contributed by atoms with van der Waals surface area (Å²) in [7, 11) is 0. The molecule has 0 aromatic heterocycles. The van der Waals surface area contributed by atoms with Crippen LogP contribution in [0.4, 0.5) is 8.78 Å². The molecule has 15 heavy (non-hydrogen) atoms. The van der Waals surface area contributed by atoms with Gasteiger partial charge in [0, 0.05) is 10.9 Å². The van der Waals surface area contributed by atoms with Gasteiger partial charge in [-0.15, -0.1) is 0 Å². The molecule has 0 N–H and O–H groups in total. The van der Waals surface area contributed by atoms with E-state index in [0.717, 1.165) is 18.9 Å². The molecule has 1 aliphatic carbocycles. The van der Waals surface area contributed by atoms with Crippen molar-refractivity contribution in [2.45, 2.75) is 30.5 Å². The van der Waals surface area contributed by atoms with Crippen LogP contribution < -0.4 is 0 Å². The SMILES string of the molecule is CC1C(Br)CCC1c1ccc(F)cc1F. The first-order valence-corrected chi connectivity index (χ1v) is 6.10. The molecule has 0 bridgehead atoms. The Hall–Kier alpha value is -0.440. The van der Waals surface area contributed by atoms with Gasteiger partial charge >= 0.3 is 0 Å². The average Bonchev–Trinajstić information content (AvgIpc) is 2.49. The van der Waals surface area contributed by atoms with Crippen molar-refractivity contribution >= 4 is 15.9 Å². The van der Waals surface area contributed by atoms with Gasteiger partial charge in [-0.1, -0.05) is 28.9 Å². The zero-order valence-corrected chi connectivity index (χ0v) is 10.1. The molecule has 3 unspecified atom stereocenters. The van der Waals surface area contributed by atoms with Crippen molar-refractivity contribution < 1.29 is 8.78 Å². The van der Waals surface area contributed by atoms with Crippen LogP contribution in [0.5, 0.6) is 0 Å². The molecule has 1 saturated carbocycles. The molecule has 0 amide bonds. The number of rotatable bonds is 1. The highest BCUT2D eigenvalue weighted by molar-refractivity contribution is 9.09. The predicted molar refractivity (Wildman–Crippen MR) is 60.2 cm³/mol. The highest BCUT2D eigenvalue weighted by Crippen LogP contribution is 2.43. The van der Waals surface area contributed by atoms with E-state index >= 15 is 0 Å². The van der Waals surface area contributed by atoms with Gasteiger partial charge in [0.25, 0.3) is 0 Å². The van der Waals surface area contributed by atoms with Gasteiger partial charge in [-0.2, -0.15) is 0 Å². The summed E-state index contributed by atoms with van der Waals surface area (Å²) < 4.78 is 26.3. The van der Waals surface area contributed by atoms with E-state index < -0.39 is 11.6 Å². The lowest BCUT2D eigenvalue weighted by Gasteiger charge is -2.18. The summed E-state index contributed by atoms with van der Waals surface area (Å²) in [4.78, 5) is 0.451. The lowest BCUT2D eigenvalue weighted by Crippen LogP contribution is -2.10. The monoisotopic (exact) mass is 274 g/mol. The van der Waals surface area contributed by atoms with Gasteiger partial charge in [-0.05, 0) is 36.3 Å². The normalized spacial score (nSPS) is 30.8. The number of halogens is 3. The fraction of sp³-hybridized carbons (Fsp3) is 0.500. The molecular formula is C12H13BrF2. The maximum atomic E-state index is 13.5. The summed E-state index contributed by atoms with van der Waals surface area (Å²) in [6.45, 7) is 2.11. The first-order chi connectivity index (χ1) is 7.09. The number of benzene rings is 1. The summed E-state index contributed by atoms with van der Waals surface area (Å²) in [6.07, 6.45) is 2.03. The Bertz CT molecular complexity index is 365. The average molecular weight is 275 g/mol. The van der Waals surface area contributed by atoms with Crippen molar-refractivity contribution in [2.75, 3.05) is 0 Å². The fourth-order valence-corrected chi connectivity index (χ4v) is 2.99. The molecule has 1 aromatic rings. The van der Waals surface area contributed by atoms with Crippen LogP contribution >= 0.6 is 15.9 Å². The summed E-state index contributed by atoms with van der Waals surface area (Å²) >= 11 is 3.58. The molecule has 0 aliphatic heterocycles. The van der Waals surface area contributed by atoms with Crippen LogP contribution in [0.3, 0.4) is 0 Å². The number of hydrogen-bond acceptors (Lipinski definition) is 0. The van der Waals surface area contributed by atoms with Crippen LogP contribution in [0, 0.1) is 17.6 Å². The molecule has 1 aromatic carbocycles. The molecule has 0 spiro atoms. The van der Waals surface area contributed by atoms with Crippen molar-refractivity contribution in [3.63, 3.8) is 0 Å². The molecule has 0 heterocycles. The van der Waals surface area contributed by atoms with Crippen molar-refractivity contribution in [3.8, 4) is 0 Å². The molecule has 3 heteroatoms. The Morgan fingerprint density at radius 2 is 2.00 bits per heavy atom. The standard InChI is InChI=1S/C12H13BrF2/c1-7-9(4-5-11(7)13)10-3-2-8(14)6-12(10)15/h2-3,6-7,9,11H,4-5H2,1H3. The highest BCUT2D eigenvalue weighted by Gasteiger charge is 2.33. The van der Waals surface area contributed by atoms with E-state index in [4.69, 9.17) is 0 Å². The van der Waals surface area contributed by atoms with Crippen LogP contribution in [-0.4, -0.2) is 4.83 Å². The quantitative estimate of drug-likeness (QED) is 0.672. The Morgan fingerprint density at radius 3 is 2.53 bits per heavy atom.